The van der Waals surface area contributed by atoms with Gasteiger partial charge in [0.05, 0.1) is 6.42 Å². The minimum Gasteiger partial charge on any atom is -0.481 e. The first-order valence-corrected chi connectivity index (χ1v) is 7.89. The van der Waals surface area contributed by atoms with Crippen molar-refractivity contribution in [3.05, 3.63) is 17.0 Å². The molecule has 0 bridgehead atoms. The molecule has 0 unspecified atom stereocenters. The van der Waals surface area contributed by atoms with Gasteiger partial charge in [0.15, 0.2) is 0 Å². The van der Waals surface area contributed by atoms with Crippen LogP contribution in [-0.4, -0.2) is 51.1 Å². The van der Waals surface area contributed by atoms with Crippen molar-refractivity contribution in [2.45, 2.75) is 17.1 Å². The number of rotatable bonds is 8. The summed E-state index contributed by atoms with van der Waals surface area (Å²) in [6.45, 7) is 0.858. The maximum atomic E-state index is 12.2. The van der Waals surface area contributed by atoms with Crippen LogP contribution in [0.25, 0.3) is 0 Å². The van der Waals surface area contributed by atoms with E-state index >= 15 is 0 Å². The zero-order chi connectivity index (χ0) is 14.5. The molecule has 0 fully saturated rings. The Labute approximate surface area is 116 Å². The molecular weight excluding hydrogens is 290 g/mol. The standard InChI is InChI=1S/C11H17NO5S2/c1-12(6-3-7-17-2)19(15,16)11-5-4-9(18-11)8-10(13)14/h4-5H,3,6-8H2,1-2H3,(H,13,14). The Morgan fingerprint density at radius 2 is 2.16 bits per heavy atom. The monoisotopic (exact) mass is 307 g/mol. The number of hydrogen-bond acceptors (Lipinski definition) is 5. The smallest absolute Gasteiger partial charge is 0.308 e. The van der Waals surface area contributed by atoms with Gasteiger partial charge < -0.3 is 9.84 Å². The fourth-order valence-electron chi connectivity index (χ4n) is 1.45. The van der Waals surface area contributed by atoms with Gasteiger partial charge in [0.1, 0.15) is 4.21 Å². The van der Waals surface area contributed by atoms with E-state index in [0.29, 0.717) is 24.4 Å². The Morgan fingerprint density at radius 3 is 2.74 bits per heavy atom. The third-order valence-corrected chi connectivity index (χ3v) is 5.86. The normalized spacial score (nSPS) is 11.9. The molecule has 0 aliphatic heterocycles. The lowest BCUT2D eigenvalue weighted by molar-refractivity contribution is -0.136. The van der Waals surface area contributed by atoms with Crippen LogP contribution in [0, 0.1) is 0 Å². The van der Waals surface area contributed by atoms with Gasteiger partial charge in [0.25, 0.3) is 10.0 Å². The van der Waals surface area contributed by atoms with Crippen molar-refractivity contribution in [3.8, 4) is 0 Å². The number of thiophene rings is 1. The zero-order valence-corrected chi connectivity index (χ0v) is 12.5. The third-order valence-electron chi connectivity index (χ3n) is 2.45. The summed E-state index contributed by atoms with van der Waals surface area (Å²) < 4.78 is 30.6. The highest BCUT2D eigenvalue weighted by atomic mass is 32.2. The summed E-state index contributed by atoms with van der Waals surface area (Å²) in [4.78, 5) is 11.1. The average molecular weight is 307 g/mol. The van der Waals surface area contributed by atoms with Gasteiger partial charge in [-0.1, -0.05) is 0 Å². The Kier molecular flexibility index (Phi) is 5.92. The second-order valence-electron chi connectivity index (χ2n) is 3.96. The molecule has 0 saturated carbocycles. The number of ether oxygens (including phenoxy) is 1. The van der Waals surface area contributed by atoms with E-state index < -0.39 is 16.0 Å². The maximum Gasteiger partial charge on any atom is 0.308 e. The molecule has 0 spiro atoms. The number of nitrogens with zero attached hydrogens (tertiary/aromatic N) is 1. The van der Waals surface area contributed by atoms with E-state index in [1.54, 1.807) is 7.11 Å². The number of hydrogen-bond donors (Lipinski definition) is 1. The predicted octanol–water partition coefficient (Wildman–Crippen LogP) is 1.03. The Morgan fingerprint density at radius 1 is 1.47 bits per heavy atom. The largest absolute Gasteiger partial charge is 0.481 e. The highest BCUT2D eigenvalue weighted by molar-refractivity contribution is 7.91. The Hall–Kier alpha value is -0.960. The van der Waals surface area contributed by atoms with Crippen LogP contribution < -0.4 is 0 Å². The average Bonchev–Trinajstić information content (AvgIpc) is 2.77. The minimum absolute atomic E-state index is 0.159. The molecule has 0 saturated heterocycles. The third kappa shape index (κ3) is 4.57. The molecule has 0 radical (unpaired) electrons. The van der Waals surface area contributed by atoms with Crippen LogP contribution in [0.2, 0.25) is 0 Å². The highest BCUT2D eigenvalue weighted by Crippen LogP contribution is 2.24. The fraction of sp³-hybridized carbons (Fsp3) is 0.545. The van der Waals surface area contributed by atoms with E-state index in [0.717, 1.165) is 11.3 Å². The summed E-state index contributed by atoms with van der Waals surface area (Å²) >= 11 is 0.994. The number of carboxylic acids is 1. The molecule has 8 heteroatoms. The summed E-state index contributed by atoms with van der Waals surface area (Å²) in [6, 6.07) is 2.99. The van der Waals surface area contributed by atoms with Gasteiger partial charge in [0, 0.05) is 32.2 Å². The van der Waals surface area contributed by atoms with Crippen LogP contribution >= 0.6 is 11.3 Å². The lowest BCUT2D eigenvalue weighted by Crippen LogP contribution is -2.27. The predicted molar refractivity (Wildman–Crippen MR) is 72.0 cm³/mol. The second kappa shape index (κ2) is 6.99. The first-order chi connectivity index (χ1) is 8.87. The molecule has 1 N–H and O–H groups in total. The number of sulfonamides is 1. The SMILES string of the molecule is COCCCN(C)S(=O)(=O)c1ccc(CC(=O)O)s1. The molecule has 0 amide bonds. The quantitative estimate of drug-likeness (QED) is 0.725. The molecule has 108 valence electrons. The van der Waals surface area contributed by atoms with Gasteiger partial charge in [-0.3, -0.25) is 4.79 Å². The molecule has 1 rings (SSSR count). The molecule has 0 atom stereocenters. The summed E-state index contributed by atoms with van der Waals surface area (Å²) in [5.41, 5.74) is 0. The summed E-state index contributed by atoms with van der Waals surface area (Å²) in [5.74, 6) is -0.973. The number of aliphatic carboxylic acids is 1. The van der Waals surface area contributed by atoms with Crippen molar-refractivity contribution in [2.75, 3.05) is 27.3 Å². The van der Waals surface area contributed by atoms with Crippen molar-refractivity contribution in [1.82, 2.24) is 4.31 Å². The minimum atomic E-state index is -3.53. The van der Waals surface area contributed by atoms with E-state index in [2.05, 4.69) is 0 Å². The first kappa shape index (κ1) is 16.1. The first-order valence-electron chi connectivity index (χ1n) is 5.63. The van der Waals surface area contributed by atoms with Crippen molar-refractivity contribution >= 4 is 27.3 Å². The lowest BCUT2D eigenvalue weighted by atomic mass is 10.3. The molecule has 6 nitrogen and oxygen atoms in total. The Balaban J connectivity index is 2.76. The second-order valence-corrected chi connectivity index (χ2v) is 7.40. The van der Waals surface area contributed by atoms with Crippen molar-refractivity contribution in [1.29, 1.82) is 0 Å². The summed E-state index contributed by atoms with van der Waals surface area (Å²) in [5, 5.41) is 8.66. The number of carboxylic acid groups (broad SMARTS) is 1. The molecule has 1 aromatic heterocycles. The molecule has 0 aliphatic carbocycles. The van der Waals surface area contributed by atoms with Gasteiger partial charge in [-0.05, 0) is 18.6 Å². The zero-order valence-electron chi connectivity index (χ0n) is 10.8. The Bertz CT molecular complexity index is 523. The van der Waals surface area contributed by atoms with E-state index in [1.807, 2.05) is 0 Å². The van der Waals surface area contributed by atoms with Gasteiger partial charge in [-0.25, -0.2) is 12.7 Å². The lowest BCUT2D eigenvalue weighted by Gasteiger charge is -2.15. The van der Waals surface area contributed by atoms with Crippen LogP contribution in [0.5, 0.6) is 0 Å². The highest BCUT2D eigenvalue weighted by Gasteiger charge is 2.22. The molecular formula is C11H17NO5S2. The molecule has 1 aromatic rings. The van der Waals surface area contributed by atoms with E-state index in [-0.39, 0.29) is 10.6 Å². The fourth-order valence-corrected chi connectivity index (χ4v) is 4.21. The van der Waals surface area contributed by atoms with Gasteiger partial charge in [-0.2, -0.15) is 0 Å². The van der Waals surface area contributed by atoms with Gasteiger partial charge in [-0.15, -0.1) is 11.3 Å². The molecule has 0 aliphatic rings. The van der Waals surface area contributed by atoms with Crippen molar-refractivity contribution < 1.29 is 23.1 Å². The van der Waals surface area contributed by atoms with Crippen LogP contribution in [0.15, 0.2) is 16.3 Å². The van der Waals surface area contributed by atoms with Gasteiger partial charge in [0.2, 0.25) is 0 Å². The van der Waals surface area contributed by atoms with Gasteiger partial charge >= 0.3 is 5.97 Å². The molecule has 0 aromatic carbocycles. The summed E-state index contributed by atoms with van der Waals surface area (Å²) in [7, 11) is -0.468. The molecule has 1 heterocycles. The van der Waals surface area contributed by atoms with Crippen LogP contribution in [0.3, 0.4) is 0 Å². The van der Waals surface area contributed by atoms with E-state index in [4.69, 9.17) is 9.84 Å². The van der Waals surface area contributed by atoms with Crippen LogP contribution in [0.4, 0.5) is 0 Å². The topological polar surface area (TPSA) is 83.9 Å². The van der Waals surface area contributed by atoms with Crippen LogP contribution in [-0.2, 0) is 26.0 Å². The van der Waals surface area contributed by atoms with E-state index in [9.17, 15) is 13.2 Å². The van der Waals surface area contributed by atoms with Crippen molar-refractivity contribution in [2.24, 2.45) is 0 Å². The summed E-state index contributed by atoms with van der Waals surface area (Å²) in [6.07, 6.45) is 0.452. The molecule has 19 heavy (non-hydrogen) atoms. The van der Waals surface area contributed by atoms with Crippen molar-refractivity contribution in [3.63, 3.8) is 0 Å². The number of methoxy groups -OCH3 is 1. The maximum absolute atomic E-state index is 12.2. The van der Waals surface area contributed by atoms with E-state index in [1.165, 1.54) is 23.5 Å². The van der Waals surface area contributed by atoms with Crippen LogP contribution in [0.1, 0.15) is 11.3 Å². The number of carbonyl (C=O) groups is 1.